The van der Waals surface area contributed by atoms with E-state index in [1.54, 1.807) is 12.1 Å². The molecule has 0 aliphatic rings. The van der Waals surface area contributed by atoms with Gasteiger partial charge in [-0.05, 0) is 51.8 Å². The molecule has 0 saturated heterocycles. The van der Waals surface area contributed by atoms with Crippen LogP contribution in [-0.2, 0) is 0 Å². The van der Waals surface area contributed by atoms with Crippen molar-refractivity contribution in [2.45, 2.75) is 6.10 Å². The number of benzene rings is 2. The first-order chi connectivity index (χ1) is 8.90. The lowest BCUT2D eigenvalue weighted by molar-refractivity contribution is 0.208. The molecule has 2 rings (SSSR count). The molecule has 100 valence electrons. The third-order valence-electron chi connectivity index (χ3n) is 2.55. The molecule has 2 aromatic carbocycles. The molecule has 1 atom stereocenters. The molecule has 2 aromatic rings. The van der Waals surface area contributed by atoms with E-state index in [4.69, 9.17) is 11.6 Å². The van der Waals surface area contributed by atoms with Crippen LogP contribution in [0, 0.1) is 11.6 Å². The summed E-state index contributed by atoms with van der Waals surface area (Å²) in [5.41, 5.74) is -0.112. The Hall–Kier alpha value is -0.490. The molecule has 1 nitrogen and oxygen atoms in total. The largest absolute Gasteiger partial charge is 0.383 e. The molecule has 0 bridgehead atoms. The first-order valence-electron chi connectivity index (χ1n) is 5.17. The summed E-state index contributed by atoms with van der Waals surface area (Å²) < 4.78 is 28.3. The van der Waals surface area contributed by atoms with Crippen LogP contribution in [0.25, 0.3) is 0 Å². The summed E-state index contributed by atoms with van der Waals surface area (Å²) in [6, 6.07) is 6.96. The van der Waals surface area contributed by atoms with Gasteiger partial charge >= 0.3 is 0 Å². The predicted octanol–water partition coefficient (Wildman–Crippen LogP) is 5.22. The summed E-state index contributed by atoms with van der Waals surface area (Å²) in [7, 11) is 0. The molecule has 0 aliphatic heterocycles. The Balaban J connectivity index is 2.55. The number of rotatable bonds is 2. The number of aliphatic hydroxyl groups is 1. The van der Waals surface area contributed by atoms with Crippen LogP contribution in [0.15, 0.2) is 39.3 Å². The second-order valence-corrected chi connectivity index (χ2v) is 6.07. The van der Waals surface area contributed by atoms with Crippen molar-refractivity contribution in [1.82, 2.24) is 0 Å². The Bertz CT molecular complexity index is 614. The van der Waals surface area contributed by atoms with E-state index in [9.17, 15) is 13.9 Å². The lowest BCUT2D eigenvalue weighted by atomic mass is 10.0. The van der Waals surface area contributed by atoms with Crippen LogP contribution in [0.3, 0.4) is 0 Å². The summed E-state index contributed by atoms with van der Waals surface area (Å²) >= 11 is 12.0. The van der Waals surface area contributed by atoms with Crippen LogP contribution in [0.5, 0.6) is 0 Å². The Morgan fingerprint density at radius 3 is 2.42 bits per heavy atom. The van der Waals surface area contributed by atoms with E-state index >= 15 is 0 Å². The van der Waals surface area contributed by atoms with Crippen LogP contribution in [0.4, 0.5) is 8.78 Å². The summed E-state index contributed by atoms with van der Waals surface area (Å²) in [5, 5.41) is 10.5. The van der Waals surface area contributed by atoms with Crippen molar-refractivity contribution < 1.29 is 13.9 Å². The van der Waals surface area contributed by atoms with Crippen molar-refractivity contribution >= 4 is 43.5 Å². The van der Waals surface area contributed by atoms with Crippen LogP contribution >= 0.6 is 43.5 Å². The number of halogens is 5. The minimum absolute atomic E-state index is 0.0871. The predicted molar refractivity (Wildman–Crippen MR) is 77.3 cm³/mol. The van der Waals surface area contributed by atoms with Gasteiger partial charge in [0.2, 0.25) is 0 Å². The van der Waals surface area contributed by atoms with E-state index in [1.165, 1.54) is 12.1 Å². The van der Waals surface area contributed by atoms with Crippen molar-refractivity contribution in [2.24, 2.45) is 0 Å². The fourth-order valence-electron chi connectivity index (χ4n) is 1.69. The molecule has 0 saturated carbocycles. The third-order valence-corrected chi connectivity index (χ3v) is 3.84. The van der Waals surface area contributed by atoms with Gasteiger partial charge in [-0.1, -0.05) is 27.5 Å². The molecular formula is C13H7Br2ClF2O. The van der Waals surface area contributed by atoms with Crippen molar-refractivity contribution in [3.8, 4) is 0 Å². The van der Waals surface area contributed by atoms with Gasteiger partial charge in [-0.15, -0.1) is 0 Å². The van der Waals surface area contributed by atoms with Crippen LogP contribution in [0.1, 0.15) is 17.2 Å². The number of hydrogen-bond donors (Lipinski definition) is 1. The van der Waals surface area contributed by atoms with E-state index in [2.05, 4.69) is 31.9 Å². The van der Waals surface area contributed by atoms with Crippen LogP contribution < -0.4 is 0 Å². The fraction of sp³-hybridized carbons (Fsp3) is 0.0769. The highest BCUT2D eigenvalue weighted by Crippen LogP contribution is 2.33. The lowest BCUT2D eigenvalue weighted by Crippen LogP contribution is -2.06. The zero-order valence-corrected chi connectivity index (χ0v) is 13.2. The van der Waals surface area contributed by atoms with Gasteiger partial charge in [0.1, 0.15) is 17.7 Å². The van der Waals surface area contributed by atoms with Crippen LogP contribution in [0.2, 0.25) is 5.02 Å². The van der Waals surface area contributed by atoms with Crippen molar-refractivity contribution in [1.29, 1.82) is 0 Å². The van der Waals surface area contributed by atoms with Crippen molar-refractivity contribution in [3.05, 3.63) is 67.1 Å². The Labute approximate surface area is 130 Å². The molecule has 0 heterocycles. The maximum atomic E-state index is 13.9. The average molecular weight is 412 g/mol. The summed E-state index contributed by atoms with van der Waals surface area (Å²) in [4.78, 5) is 0. The highest BCUT2D eigenvalue weighted by molar-refractivity contribution is 9.10. The first-order valence-corrected chi connectivity index (χ1v) is 7.14. The van der Waals surface area contributed by atoms with Gasteiger partial charge in [0.05, 0.1) is 10.0 Å². The topological polar surface area (TPSA) is 20.2 Å². The molecule has 0 aliphatic carbocycles. The zero-order chi connectivity index (χ0) is 14.2. The van der Waals surface area contributed by atoms with Gasteiger partial charge in [0, 0.05) is 9.50 Å². The molecule has 0 amide bonds. The van der Waals surface area contributed by atoms with Gasteiger partial charge in [0.15, 0.2) is 0 Å². The first kappa shape index (κ1) is 14.9. The molecule has 0 radical (unpaired) electrons. The maximum absolute atomic E-state index is 13.9. The molecule has 6 heteroatoms. The van der Waals surface area contributed by atoms with Gasteiger partial charge in [0.25, 0.3) is 0 Å². The maximum Gasteiger partial charge on any atom is 0.146 e. The van der Waals surface area contributed by atoms with Gasteiger partial charge in [-0.25, -0.2) is 8.78 Å². The molecule has 1 unspecified atom stereocenters. The number of aliphatic hydroxyl groups excluding tert-OH is 1. The van der Waals surface area contributed by atoms with Gasteiger partial charge < -0.3 is 5.11 Å². The molecule has 0 spiro atoms. The highest BCUT2D eigenvalue weighted by atomic mass is 79.9. The molecular weight excluding hydrogens is 405 g/mol. The Kier molecular flexibility index (Phi) is 4.61. The average Bonchev–Trinajstić information content (AvgIpc) is 2.33. The summed E-state index contributed by atoms with van der Waals surface area (Å²) in [6.07, 6.45) is -1.44. The monoisotopic (exact) mass is 410 g/mol. The highest BCUT2D eigenvalue weighted by Gasteiger charge is 2.22. The minimum atomic E-state index is -1.44. The normalized spacial score (nSPS) is 12.5. The zero-order valence-electron chi connectivity index (χ0n) is 9.30. The standard InChI is InChI=1S/C13H7Br2ClF2O/c14-7-3-6(4-8(16)5-7)13(19)11-10(17)2-1-9(15)12(11)18/h1-5,13,19H. The van der Waals surface area contributed by atoms with E-state index < -0.39 is 23.3 Å². The van der Waals surface area contributed by atoms with E-state index in [0.717, 1.165) is 6.07 Å². The lowest BCUT2D eigenvalue weighted by Gasteiger charge is -2.15. The molecule has 0 fully saturated rings. The third kappa shape index (κ3) is 3.16. The minimum Gasteiger partial charge on any atom is -0.383 e. The smallest absolute Gasteiger partial charge is 0.146 e. The quantitative estimate of drug-likeness (QED) is 0.670. The Morgan fingerprint density at radius 2 is 1.79 bits per heavy atom. The fourth-order valence-corrected chi connectivity index (χ4v) is 2.93. The molecule has 0 aromatic heterocycles. The summed E-state index contributed by atoms with van der Waals surface area (Å²) in [5.74, 6) is -1.65. The summed E-state index contributed by atoms with van der Waals surface area (Å²) in [6.45, 7) is 0. The van der Waals surface area contributed by atoms with E-state index in [0.29, 0.717) is 15.1 Å². The van der Waals surface area contributed by atoms with Crippen molar-refractivity contribution in [2.75, 3.05) is 0 Å². The Morgan fingerprint density at radius 1 is 1.11 bits per heavy atom. The molecule has 19 heavy (non-hydrogen) atoms. The SMILES string of the molecule is OC(c1cc(Cl)cc(Br)c1)c1c(F)ccc(Br)c1F. The van der Waals surface area contributed by atoms with Crippen LogP contribution in [-0.4, -0.2) is 5.11 Å². The second-order valence-electron chi connectivity index (χ2n) is 3.86. The van der Waals surface area contributed by atoms with Gasteiger partial charge in [-0.2, -0.15) is 0 Å². The second kappa shape index (κ2) is 5.87. The number of hydrogen-bond acceptors (Lipinski definition) is 1. The molecule has 1 N–H and O–H groups in total. The van der Waals surface area contributed by atoms with E-state index in [1.807, 2.05) is 0 Å². The van der Waals surface area contributed by atoms with Gasteiger partial charge in [-0.3, -0.25) is 0 Å². The van der Waals surface area contributed by atoms with E-state index in [-0.39, 0.29) is 4.47 Å². The van der Waals surface area contributed by atoms with Crippen molar-refractivity contribution in [3.63, 3.8) is 0 Å².